The Morgan fingerprint density at radius 1 is 1.32 bits per heavy atom. The third-order valence-corrected chi connectivity index (χ3v) is 2.50. The van der Waals surface area contributed by atoms with E-state index in [-0.39, 0.29) is 17.9 Å². The molecule has 5 heteroatoms. The standard InChI is InChI=1S/C14H13NO4/c1-18-11-5-6-12(13(16)8-11)14(17)19-9-10-4-2-3-7-15-10/h2-8,16H,9H2,1H3. The van der Waals surface area contributed by atoms with Crippen LogP contribution in [0.3, 0.4) is 0 Å². The summed E-state index contributed by atoms with van der Waals surface area (Å²) < 4.78 is 10.0. The van der Waals surface area contributed by atoms with Crippen molar-refractivity contribution in [2.75, 3.05) is 7.11 Å². The molecular formula is C14H13NO4. The maximum atomic E-state index is 11.8. The molecule has 0 unspecified atom stereocenters. The molecule has 0 aliphatic heterocycles. The molecule has 0 radical (unpaired) electrons. The molecule has 1 aromatic heterocycles. The maximum absolute atomic E-state index is 11.8. The smallest absolute Gasteiger partial charge is 0.342 e. The molecule has 1 N–H and O–H groups in total. The molecule has 2 aromatic rings. The van der Waals surface area contributed by atoms with Gasteiger partial charge in [0.25, 0.3) is 0 Å². The van der Waals surface area contributed by atoms with Gasteiger partial charge in [-0.3, -0.25) is 4.98 Å². The summed E-state index contributed by atoms with van der Waals surface area (Å²) in [7, 11) is 1.48. The zero-order valence-electron chi connectivity index (χ0n) is 10.4. The lowest BCUT2D eigenvalue weighted by molar-refractivity contribution is 0.0464. The minimum atomic E-state index is -0.606. The average molecular weight is 259 g/mol. The highest BCUT2D eigenvalue weighted by Gasteiger charge is 2.13. The molecule has 0 spiro atoms. The first-order chi connectivity index (χ1) is 9.20. The molecule has 0 saturated carbocycles. The second-order valence-corrected chi connectivity index (χ2v) is 3.78. The topological polar surface area (TPSA) is 68.7 Å². The molecule has 1 aromatic carbocycles. The number of phenols is 1. The van der Waals surface area contributed by atoms with E-state index in [0.717, 1.165) is 0 Å². The van der Waals surface area contributed by atoms with E-state index in [0.29, 0.717) is 11.4 Å². The largest absolute Gasteiger partial charge is 0.507 e. The molecule has 98 valence electrons. The Labute approximate surface area is 110 Å². The molecule has 0 aliphatic rings. The zero-order valence-corrected chi connectivity index (χ0v) is 10.4. The fraction of sp³-hybridized carbons (Fsp3) is 0.143. The first kappa shape index (κ1) is 12.9. The van der Waals surface area contributed by atoms with E-state index >= 15 is 0 Å². The van der Waals surface area contributed by atoms with Crippen LogP contribution in [0.15, 0.2) is 42.6 Å². The van der Waals surface area contributed by atoms with Crippen LogP contribution in [0, 0.1) is 0 Å². The van der Waals surface area contributed by atoms with E-state index in [4.69, 9.17) is 9.47 Å². The second kappa shape index (κ2) is 5.86. The number of rotatable bonds is 4. The van der Waals surface area contributed by atoms with Gasteiger partial charge in [-0.05, 0) is 24.3 Å². The van der Waals surface area contributed by atoms with Gasteiger partial charge in [-0.1, -0.05) is 6.07 Å². The minimum Gasteiger partial charge on any atom is -0.507 e. The molecule has 0 atom stereocenters. The fourth-order valence-corrected chi connectivity index (χ4v) is 1.51. The number of aromatic hydroxyl groups is 1. The fourth-order valence-electron chi connectivity index (χ4n) is 1.51. The third-order valence-electron chi connectivity index (χ3n) is 2.50. The van der Waals surface area contributed by atoms with Gasteiger partial charge in [0, 0.05) is 12.3 Å². The van der Waals surface area contributed by atoms with Gasteiger partial charge in [0.15, 0.2) is 0 Å². The predicted octanol–water partition coefficient (Wildman–Crippen LogP) is 2.15. The maximum Gasteiger partial charge on any atom is 0.342 e. The van der Waals surface area contributed by atoms with Crippen LogP contribution >= 0.6 is 0 Å². The van der Waals surface area contributed by atoms with Gasteiger partial charge in [0.2, 0.25) is 0 Å². The van der Waals surface area contributed by atoms with Gasteiger partial charge in [0.05, 0.1) is 12.8 Å². The van der Waals surface area contributed by atoms with Crippen molar-refractivity contribution in [3.8, 4) is 11.5 Å². The lowest BCUT2D eigenvalue weighted by atomic mass is 10.2. The number of ether oxygens (including phenoxy) is 2. The number of pyridine rings is 1. The van der Waals surface area contributed by atoms with Crippen LogP contribution in [0.2, 0.25) is 0 Å². The van der Waals surface area contributed by atoms with E-state index in [2.05, 4.69) is 4.98 Å². The number of esters is 1. The monoisotopic (exact) mass is 259 g/mol. The summed E-state index contributed by atoms with van der Waals surface area (Å²) in [6.45, 7) is 0.0607. The van der Waals surface area contributed by atoms with E-state index in [1.165, 1.54) is 19.2 Å². The summed E-state index contributed by atoms with van der Waals surface area (Å²) in [5.41, 5.74) is 0.737. The molecule has 0 saturated heterocycles. The van der Waals surface area contributed by atoms with Crippen LogP contribution in [0.5, 0.6) is 11.5 Å². The Balaban J connectivity index is 2.04. The van der Waals surface area contributed by atoms with Gasteiger partial charge in [0.1, 0.15) is 23.7 Å². The number of nitrogens with zero attached hydrogens (tertiary/aromatic N) is 1. The van der Waals surface area contributed by atoms with Crippen molar-refractivity contribution >= 4 is 5.97 Å². The number of carbonyl (C=O) groups is 1. The van der Waals surface area contributed by atoms with Crippen LogP contribution < -0.4 is 4.74 Å². The Kier molecular flexibility index (Phi) is 3.97. The highest BCUT2D eigenvalue weighted by Crippen LogP contribution is 2.24. The van der Waals surface area contributed by atoms with Gasteiger partial charge in [-0.15, -0.1) is 0 Å². The van der Waals surface area contributed by atoms with Crippen molar-refractivity contribution in [1.82, 2.24) is 4.98 Å². The number of hydrogen-bond acceptors (Lipinski definition) is 5. The summed E-state index contributed by atoms with van der Waals surface area (Å²) in [6.07, 6.45) is 1.62. The lowest BCUT2D eigenvalue weighted by Crippen LogP contribution is -2.06. The van der Waals surface area contributed by atoms with Gasteiger partial charge < -0.3 is 14.6 Å². The van der Waals surface area contributed by atoms with E-state index in [1.54, 1.807) is 30.5 Å². The van der Waals surface area contributed by atoms with Crippen LogP contribution in [-0.2, 0) is 11.3 Å². The molecule has 0 amide bonds. The Morgan fingerprint density at radius 3 is 2.79 bits per heavy atom. The van der Waals surface area contributed by atoms with Crippen molar-refractivity contribution in [3.63, 3.8) is 0 Å². The molecule has 0 fully saturated rings. The first-order valence-corrected chi connectivity index (χ1v) is 5.64. The van der Waals surface area contributed by atoms with E-state index in [1.807, 2.05) is 0 Å². The Hall–Kier alpha value is -2.56. The molecule has 5 nitrogen and oxygen atoms in total. The Morgan fingerprint density at radius 2 is 2.16 bits per heavy atom. The summed E-state index contributed by atoms with van der Waals surface area (Å²) in [5.74, 6) is -0.310. The summed E-state index contributed by atoms with van der Waals surface area (Å²) in [4.78, 5) is 15.8. The molecule has 0 bridgehead atoms. The van der Waals surface area contributed by atoms with Gasteiger partial charge in [-0.25, -0.2) is 4.79 Å². The molecule has 19 heavy (non-hydrogen) atoms. The second-order valence-electron chi connectivity index (χ2n) is 3.78. The highest BCUT2D eigenvalue weighted by molar-refractivity contribution is 5.92. The van der Waals surface area contributed by atoms with Gasteiger partial charge in [-0.2, -0.15) is 0 Å². The predicted molar refractivity (Wildman–Crippen MR) is 68.0 cm³/mol. The molecule has 1 heterocycles. The normalized spacial score (nSPS) is 9.95. The highest BCUT2D eigenvalue weighted by atomic mass is 16.5. The van der Waals surface area contributed by atoms with Gasteiger partial charge >= 0.3 is 5.97 Å². The summed E-state index contributed by atoms with van der Waals surface area (Å²) in [5, 5.41) is 9.69. The zero-order chi connectivity index (χ0) is 13.7. The van der Waals surface area contributed by atoms with Crippen molar-refractivity contribution in [2.45, 2.75) is 6.61 Å². The quantitative estimate of drug-likeness (QED) is 0.852. The van der Waals surface area contributed by atoms with Crippen molar-refractivity contribution < 1.29 is 19.4 Å². The molecule has 2 rings (SSSR count). The Bertz CT molecular complexity index is 569. The minimum absolute atomic E-state index is 0.0607. The third kappa shape index (κ3) is 3.22. The molecule has 0 aliphatic carbocycles. The number of aromatic nitrogens is 1. The number of benzene rings is 1. The lowest BCUT2D eigenvalue weighted by Gasteiger charge is -2.07. The molecular weight excluding hydrogens is 246 g/mol. The number of phenolic OH excluding ortho intramolecular Hbond substituents is 1. The van der Waals surface area contributed by atoms with E-state index < -0.39 is 5.97 Å². The summed E-state index contributed by atoms with van der Waals surface area (Å²) in [6, 6.07) is 9.73. The van der Waals surface area contributed by atoms with E-state index in [9.17, 15) is 9.90 Å². The van der Waals surface area contributed by atoms with Crippen molar-refractivity contribution in [2.24, 2.45) is 0 Å². The average Bonchev–Trinajstić information content (AvgIpc) is 2.45. The van der Waals surface area contributed by atoms with Crippen LogP contribution in [0.1, 0.15) is 16.1 Å². The van der Waals surface area contributed by atoms with Crippen LogP contribution in [-0.4, -0.2) is 23.2 Å². The van der Waals surface area contributed by atoms with Crippen LogP contribution in [0.25, 0.3) is 0 Å². The summed E-state index contributed by atoms with van der Waals surface area (Å²) >= 11 is 0. The number of methoxy groups -OCH3 is 1. The van der Waals surface area contributed by atoms with Crippen molar-refractivity contribution in [1.29, 1.82) is 0 Å². The SMILES string of the molecule is COc1ccc(C(=O)OCc2ccccn2)c(O)c1. The van der Waals surface area contributed by atoms with Crippen LogP contribution in [0.4, 0.5) is 0 Å². The van der Waals surface area contributed by atoms with Crippen molar-refractivity contribution in [3.05, 3.63) is 53.9 Å². The number of hydrogen-bond donors (Lipinski definition) is 1. The number of carbonyl (C=O) groups excluding carboxylic acids is 1. The first-order valence-electron chi connectivity index (χ1n) is 5.64.